The number of aromatic nitrogens is 2. The molecule has 0 spiro atoms. The Hall–Kier alpha value is -1.88. The fraction of sp³-hybridized carbons (Fsp3) is 0.591. The van der Waals surface area contributed by atoms with Gasteiger partial charge in [-0.15, -0.1) is 0 Å². The van der Waals surface area contributed by atoms with Crippen LogP contribution >= 0.6 is 11.6 Å². The van der Waals surface area contributed by atoms with E-state index >= 15 is 0 Å². The van der Waals surface area contributed by atoms with E-state index in [0.717, 1.165) is 37.9 Å². The van der Waals surface area contributed by atoms with Crippen LogP contribution in [0, 0.1) is 11.3 Å². The summed E-state index contributed by atoms with van der Waals surface area (Å²) in [5.41, 5.74) is 1.03. The van der Waals surface area contributed by atoms with Crippen molar-refractivity contribution in [3.05, 3.63) is 35.2 Å². The summed E-state index contributed by atoms with van der Waals surface area (Å²) in [5.74, 6) is 2.02. The molecule has 2 aromatic rings. The molecule has 5 nitrogen and oxygen atoms in total. The lowest BCUT2D eigenvalue weighted by Crippen LogP contribution is -2.38. The highest BCUT2D eigenvalue weighted by Crippen LogP contribution is 2.31. The second kappa shape index (κ2) is 8.64. The standard InChI is InChI=1S/C22H30ClN3O2/c1-15(14-22(2,3)4)13-19(27)26-11-9-16(10-12-26)21-24-20(25-28-21)17-7-5-6-8-18(17)23/h5-8,15-16H,9-14H2,1-4H3. The first kappa shape index (κ1) is 20.8. The number of likely N-dealkylation sites (tertiary alicyclic amines) is 1. The quantitative estimate of drug-likeness (QED) is 0.655. The van der Waals surface area contributed by atoms with Gasteiger partial charge >= 0.3 is 0 Å². The number of piperidine rings is 1. The third kappa shape index (κ3) is 5.34. The van der Waals surface area contributed by atoms with Gasteiger partial charge in [-0.25, -0.2) is 0 Å². The molecule has 1 atom stereocenters. The normalized spacial score (nSPS) is 17.0. The Balaban J connectivity index is 1.54. The summed E-state index contributed by atoms with van der Waals surface area (Å²) in [6.07, 6.45) is 3.38. The average molecular weight is 404 g/mol. The summed E-state index contributed by atoms with van der Waals surface area (Å²) in [7, 11) is 0. The Kier molecular flexibility index (Phi) is 6.43. The van der Waals surface area contributed by atoms with Crippen LogP contribution in [0.3, 0.4) is 0 Å². The molecule has 1 unspecified atom stereocenters. The minimum atomic E-state index is 0.194. The Labute approximate surface area is 172 Å². The predicted molar refractivity (Wildman–Crippen MR) is 111 cm³/mol. The molecule has 3 rings (SSSR count). The minimum Gasteiger partial charge on any atom is -0.343 e. The molecule has 28 heavy (non-hydrogen) atoms. The van der Waals surface area contributed by atoms with Crippen molar-refractivity contribution in [2.75, 3.05) is 13.1 Å². The van der Waals surface area contributed by atoms with Crippen LogP contribution in [0.25, 0.3) is 11.4 Å². The van der Waals surface area contributed by atoms with Crippen molar-refractivity contribution in [1.29, 1.82) is 0 Å². The fourth-order valence-electron chi connectivity index (χ4n) is 4.07. The third-order valence-corrected chi connectivity index (χ3v) is 5.57. The van der Waals surface area contributed by atoms with Crippen molar-refractivity contribution in [2.45, 2.75) is 59.3 Å². The molecular weight excluding hydrogens is 374 g/mol. The van der Waals surface area contributed by atoms with Gasteiger partial charge in [0.25, 0.3) is 0 Å². The molecular formula is C22H30ClN3O2. The Morgan fingerprint density at radius 1 is 1.29 bits per heavy atom. The van der Waals surface area contributed by atoms with E-state index in [9.17, 15) is 4.79 Å². The van der Waals surface area contributed by atoms with Gasteiger partial charge in [0.15, 0.2) is 0 Å². The van der Waals surface area contributed by atoms with Crippen molar-refractivity contribution in [2.24, 2.45) is 11.3 Å². The number of benzene rings is 1. The Bertz CT molecular complexity index is 804. The van der Waals surface area contributed by atoms with E-state index in [0.29, 0.717) is 29.1 Å². The van der Waals surface area contributed by atoms with E-state index in [4.69, 9.17) is 16.1 Å². The molecule has 1 aliphatic heterocycles. The maximum atomic E-state index is 12.6. The lowest BCUT2D eigenvalue weighted by Gasteiger charge is -2.32. The number of nitrogens with zero attached hydrogens (tertiary/aromatic N) is 3. The van der Waals surface area contributed by atoms with E-state index in [1.807, 2.05) is 29.2 Å². The van der Waals surface area contributed by atoms with Crippen LogP contribution < -0.4 is 0 Å². The van der Waals surface area contributed by atoms with Crippen molar-refractivity contribution in [1.82, 2.24) is 15.0 Å². The molecule has 6 heteroatoms. The highest BCUT2D eigenvalue weighted by atomic mass is 35.5. The van der Waals surface area contributed by atoms with E-state index in [-0.39, 0.29) is 17.2 Å². The Morgan fingerprint density at radius 3 is 2.61 bits per heavy atom. The number of halogens is 1. The number of carbonyl (C=O) groups excluding carboxylic acids is 1. The molecule has 2 heterocycles. The summed E-state index contributed by atoms with van der Waals surface area (Å²) in [6, 6.07) is 7.48. The number of hydrogen-bond acceptors (Lipinski definition) is 4. The molecule has 1 saturated heterocycles. The van der Waals surface area contributed by atoms with Crippen LogP contribution in [0.4, 0.5) is 0 Å². The molecule has 0 N–H and O–H groups in total. The van der Waals surface area contributed by atoms with Gasteiger partial charge in [-0.2, -0.15) is 4.98 Å². The molecule has 0 saturated carbocycles. The van der Waals surface area contributed by atoms with Crippen LogP contribution in [0.15, 0.2) is 28.8 Å². The van der Waals surface area contributed by atoms with Gasteiger partial charge in [0.05, 0.1) is 5.02 Å². The number of rotatable bonds is 5. The molecule has 1 fully saturated rings. The summed E-state index contributed by atoms with van der Waals surface area (Å²) < 4.78 is 5.51. The smallest absolute Gasteiger partial charge is 0.230 e. The largest absolute Gasteiger partial charge is 0.343 e. The second-order valence-electron chi connectivity index (χ2n) is 9.17. The molecule has 0 radical (unpaired) electrons. The molecule has 0 bridgehead atoms. The number of amides is 1. The van der Waals surface area contributed by atoms with E-state index < -0.39 is 0 Å². The molecule has 152 valence electrons. The maximum absolute atomic E-state index is 12.6. The summed E-state index contributed by atoms with van der Waals surface area (Å²) in [6.45, 7) is 10.3. The monoisotopic (exact) mass is 403 g/mol. The van der Waals surface area contributed by atoms with Crippen molar-refractivity contribution in [3.8, 4) is 11.4 Å². The zero-order valence-corrected chi connectivity index (χ0v) is 18.0. The SMILES string of the molecule is CC(CC(=O)N1CCC(c2nc(-c3ccccc3Cl)no2)CC1)CC(C)(C)C. The number of carbonyl (C=O) groups is 1. The van der Waals surface area contributed by atoms with Gasteiger partial charge < -0.3 is 9.42 Å². The Morgan fingerprint density at radius 2 is 1.96 bits per heavy atom. The second-order valence-corrected chi connectivity index (χ2v) is 9.57. The zero-order chi connectivity index (χ0) is 20.3. The molecule has 1 aliphatic rings. The molecule has 1 aromatic carbocycles. The summed E-state index contributed by atoms with van der Waals surface area (Å²) in [4.78, 5) is 19.2. The molecule has 1 amide bonds. The fourth-order valence-corrected chi connectivity index (χ4v) is 4.29. The third-order valence-electron chi connectivity index (χ3n) is 5.24. The lowest BCUT2D eigenvalue weighted by molar-refractivity contribution is -0.133. The molecule has 0 aliphatic carbocycles. The van der Waals surface area contributed by atoms with Gasteiger partial charge in [0.2, 0.25) is 17.6 Å². The van der Waals surface area contributed by atoms with Gasteiger partial charge in [-0.1, -0.05) is 56.6 Å². The summed E-state index contributed by atoms with van der Waals surface area (Å²) >= 11 is 6.22. The highest BCUT2D eigenvalue weighted by Gasteiger charge is 2.29. The first-order valence-electron chi connectivity index (χ1n) is 10.1. The van der Waals surface area contributed by atoms with Crippen molar-refractivity contribution in [3.63, 3.8) is 0 Å². The highest BCUT2D eigenvalue weighted by molar-refractivity contribution is 6.33. The van der Waals surface area contributed by atoms with Gasteiger partial charge in [-0.3, -0.25) is 4.79 Å². The first-order valence-corrected chi connectivity index (χ1v) is 10.5. The van der Waals surface area contributed by atoms with Gasteiger partial charge in [-0.05, 0) is 42.7 Å². The maximum Gasteiger partial charge on any atom is 0.230 e. The minimum absolute atomic E-state index is 0.194. The first-order chi connectivity index (χ1) is 13.2. The lowest BCUT2D eigenvalue weighted by atomic mass is 9.84. The van der Waals surface area contributed by atoms with Crippen molar-refractivity contribution < 1.29 is 9.32 Å². The van der Waals surface area contributed by atoms with Crippen molar-refractivity contribution >= 4 is 17.5 Å². The van der Waals surface area contributed by atoms with Crippen LogP contribution in [-0.2, 0) is 4.79 Å². The van der Waals surface area contributed by atoms with E-state index in [2.05, 4.69) is 37.8 Å². The number of hydrogen-bond donors (Lipinski definition) is 0. The van der Waals surface area contributed by atoms with Gasteiger partial charge in [0.1, 0.15) is 0 Å². The van der Waals surface area contributed by atoms with Crippen LogP contribution in [0.5, 0.6) is 0 Å². The molecule has 1 aromatic heterocycles. The predicted octanol–water partition coefficient (Wildman–Crippen LogP) is 5.56. The van der Waals surface area contributed by atoms with Crippen LogP contribution in [-0.4, -0.2) is 34.0 Å². The van der Waals surface area contributed by atoms with E-state index in [1.54, 1.807) is 0 Å². The zero-order valence-electron chi connectivity index (χ0n) is 17.2. The van der Waals surface area contributed by atoms with E-state index in [1.165, 1.54) is 0 Å². The van der Waals surface area contributed by atoms with Gasteiger partial charge in [0, 0.05) is 31.0 Å². The average Bonchev–Trinajstić information content (AvgIpc) is 3.10. The van der Waals surface area contributed by atoms with Crippen LogP contribution in [0.2, 0.25) is 5.02 Å². The topological polar surface area (TPSA) is 59.2 Å². The van der Waals surface area contributed by atoms with Crippen LogP contribution in [0.1, 0.15) is 65.2 Å². The summed E-state index contributed by atoms with van der Waals surface area (Å²) in [5, 5.41) is 4.71.